The van der Waals surface area contributed by atoms with Crippen molar-refractivity contribution >= 4 is 11.8 Å². The van der Waals surface area contributed by atoms with Crippen molar-refractivity contribution in [2.24, 2.45) is 0 Å². The summed E-state index contributed by atoms with van der Waals surface area (Å²) >= 11 is 0. The molecule has 108 valence electrons. The highest BCUT2D eigenvalue weighted by Gasteiger charge is 2.21. The zero-order chi connectivity index (χ0) is 15.0. The number of Topliss-reactive ketones (excluding diaryl/α,β-unsaturated/α-hetero) is 1. The Bertz CT molecular complexity index is 728. The van der Waals surface area contributed by atoms with Crippen LogP contribution in [0, 0.1) is 6.92 Å². The van der Waals surface area contributed by atoms with E-state index in [1.807, 2.05) is 0 Å². The smallest absolute Gasteiger partial charge is 0.372 e. The summed E-state index contributed by atoms with van der Waals surface area (Å²) in [7, 11) is 0. The molecule has 2 heterocycles. The number of hydrogen-bond acceptors (Lipinski definition) is 5. The van der Waals surface area contributed by atoms with E-state index in [-0.39, 0.29) is 24.8 Å². The predicted molar refractivity (Wildman–Crippen MR) is 71.0 cm³/mol. The van der Waals surface area contributed by atoms with Crippen molar-refractivity contribution in [3.05, 3.63) is 46.9 Å². The number of aryl methyl sites for hydroxylation is 1. The Morgan fingerprint density at radius 2 is 2.19 bits per heavy atom. The van der Waals surface area contributed by atoms with Gasteiger partial charge in [0.25, 0.3) is 0 Å². The molecule has 0 radical (unpaired) electrons. The first-order chi connectivity index (χ1) is 10.0. The molecule has 0 bridgehead atoms. The number of carbonyl (C=O) groups excluding carboxylic acids is 1. The van der Waals surface area contributed by atoms with E-state index >= 15 is 0 Å². The number of benzene rings is 1. The van der Waals surface area contributed by atoms with Gasteiger partial charge in [-0.25, -0.2) is 4.79 Å². The van der Waals surface area contributed by atoms with Crippen LogP contribution >= 0.6 is 0 Å². The fraction of sp³-hybridized carbons (Fsp3) is 0.200. The Hall–Kier alpha value is -2.76. The second-order valence-corrected chi connectivity index (χ2v) is 4.69. The van der Waals surface area contributed by atoms with Crippen LogP contribution in [0.2, 0.25) is 0 Å². The van der Waals surface area contributed by atoms with E-state index in [0.29, 0.717) is 28.4 Å². The van der Waals surface area contributed by atoms with E-state index in [1.165, 1.54) is 0 Å². The van der Waals surface area contributed by atoms with Gasteiger partial charge in [-0.1, -0.05) is 0 Å². The molecule has 1 aliphatic rings. The molecule has 3 rings (SSSR count). The summed E-state index contributed by atoms with van der Waals surface area (Å²) < 4.78 is 15.9. The molecule has 1 aromatic heterocycles. The van der Waals surface area contributed by atoms with Crippen LogP contribution in [0.5, 0.6) is 11.5 Å². The van der Waals surface area contributed by atoms with Crippen molar-refractivity contribution in [2.75, 3.05) is 6.61 Å². The standard InChI is InChI=1S/C15H12O6/c1-8-4-10(21-14(8)15(17)18)6-19-9-2-3-11-12(16)7-20-13(11)5-9/h2-5H,6-7H2,1H3,(H,17,18). The third-order valence-electron chi connectivity index (χ3n) is 3.16. The Morgan fingerprint density at radius 3 is 2.90 bits per heavy atom. The van der Waals surface area contributed by atoms with Crippen LogP contribution in [-0.4, -0.2) is 23.5 Å². The average Bonchev–Trinajstić information content (AvgIpc) is 3.00. The number of ether oxygens (including phenoxy) is 2. The molecule has 1 aromatic carbocycles. The summed E-state index contributed by atoms with van der Waals surface area (Å²) in [6, 6.07) is 6.57. The molecule has 0 atom stereocenters. The van der Waals surface area contributed by atoms with Gasteiger partial charge in [-0.2, -0.15) is 0 Å². The van der Waals surface area contributed by atoms with Gasteiger partial charge in [0, 0.05) is 11.6 Å². The lowest BCUT2D eigenvalue weighted by Crippen LogP contribution is -1.98. The van der Waals surface area contributed by atoms with E-state index in [2.05, 4.69) is 0 Å². The summed E-state index contributed by atoms with van der Waals surface area (Å²) in [5, 5.41) is 8.91. The highest BCUT2D eigenvalue weighted by Crippen LogP contribution is 2.30. The topological polar surface area (TPSA) is 86.0 Å². The van der Waals surface area contributed by atoms with E-state index in [4.69, 9.17) is 19.0 Å². The van der Waals surface area contributed by atoms with Crippen LogP contribution in [0.1, 0.15) is 32.2 Å². The lowest BCUT2D eigenvalue weighted by atomic mass is 10.1. The maximum absolute atomic E-state index is 11.4. The molecule has 0 spiro atoms. The highest BCUT2D eigenvalue weighted by atomic mass is 16.5. The molecule has 0 unspecified atom stereocenters. The van der Waals surface area contributed by atoms with E-state index in [0.717, 1.165) is 0 Å². The van der Waals surface area contributed by atoms with Gasteiger partial charge in [0.15, 0.2) is 6.61 Å². The van der Waals surface area contributed by atoms with Crippen molar-refractivity contribution in [2.45, 2.75) is 13.5 Å². The zero-order valence-electron chi connectivity index (χ0n) is 11.2. The molecular formula is C15H12O6. The molecule has 1 aliphatic heterocycles. The molecule has 6 heteroatoms. The Balaban J connectivity index is 1.72. The Morgan fingerprint density at radius 1 is 1.38 bits per heavy atom. The molecule has 21 heavy (non-hydrogen) atoms. The van der Waals surface area contributed by atoms with Crippen LogP contribution in [0.15, 0.2) is 28.7 Å². The third-order valence-corrected chi connectivity index (χ3v) is 3.16. The van der Waals surface area contributed by atoms with Crippen molar-refractivity contribution < 1.29 is 28.6 Å². The first-order valence-electron chi connectivity index (χ1n) is 6.30. The molecule has 0 saturated heterocycles. The summed E-state index contributed by atoms with van der Waals surface area (Å²) in [6.07, 6.45) is 0. The first-order valence-corrected chi connectivity index (χ1v) is 6.30. The number of aromatic carboxylic acids is 1. The number of rotatable bonds is 4. The van der Waals surface area contributed by atoms with Crippen LogP contribution in [0.25, 0.3) is 0 Å². The van der Waals surface area contributed by atoms with Gasteiger partial charge >= 0.3 is 5.97 Å². The zero-order valence-corrected chi connectivity index (χ0v) is 11.2. The van der Waals surface area contributed by atoms with Crippen LogP contribution in [0.3, 0.4) is 0 Å². The number of furan rings is 1. The first kappa shape index (κ1) is 13.2. The molecular weight excluding hydrogens is 276 g/mol. The minimum atomic E-state index is -1.11. The highest BCUT2D eigenvalue weighted by molar-refractivity contribution is 6.02. The number of carbonyl (C=O) groups is 2. The van der Waals surface area contributed by atoms with Gasteiger partial charge in [0.05, 0.1) is 5.56 Å². The quantitative estimate of drug-likeness (QED) is 0.930. The van der Waals surface area contributed by atoms with Crippen molar-refractivity contribution in [3.63, 3.8) is 0 Å². The van der Waals surface area contributed by atoms with Crippen molar-refractivity contribution in [1.82, 2.24) is 0 Å². The molecule has 1 N–H and O–H groups in total. The monoisotopic (exact) mass is 288 g/mol. The normalized spacial score (nSPS) is 12.9. The SMILES string of the molecule is Cc1cc(COc2ccc3c(c2)OCC3=O)oc1C(=O)O. The summed E-state index contributed by atoms with van der Waals surface area (Å²) in [5.74, 6) is 0.195. The third kappa shape index (κ3) is 2.47. The number of carboxylic acids is 1. The average molecular weight is 288 g/mol. The fourth-order valence-electron chi connectivity index (χ4n) is 2.15. The largest absolute Gasteiger partial charge is 0.486 e. The van der Waals surface area contributed by atoms with Crippen LogP contribution in [-0.2, 0) is 6.61 Å². The summed E-state index contributed by atoms with van der Waals surface area (Å²) in [5.41, 5.74) is 1.09. The second kappa shape index (κ2) is 4.97. The Kier molecular flexibility index (Phi) is 3.13. The molecule has 0 aliphatic carbocycles. The molecule has 0 saturated carbocycles. The van der Waals surface area contributed by atoms with Gasteiger partial charge in [-0.05, 0) is 25.1 Å². The second-order valence-electron chi connectivity index (χ2n) is 4.69. The fourth-order valence-corrected chi connectivity index (χ4v) is 2.15. The van der Waals surface area contributed by atoms with Crippen molar-refractivity contribution in [3.8, 4) is 11.5 Å². The summed E-state index contributed by atoms with van der Waals surface area (Å²) in [4.78, 5) is 22.3. The number of hydrogen-bond donors (Lipinski definition) is 1. The van der Waals surface area contributed by atoms with E-state index in [9.17, 15) is 9.59 Å². The van der Waals surface area contributed by atoms with E-state index < -0.39 is 5.97 Å². The van der Waals surface area contributed by atoms with Gasteiger partial charge in [-0.15, -0.1) is 0 Å². The van der Waals surface area contributed by atoms with Gasteiger partial charge in [0.2, 0.25) is 11.5 Å². The molecule has 0 amide bonds. The van der Waals surface area contributed by atoms with E-state index in [1.54, 1.807) is 31.2 Å². The molecule has 6 nitrogen and oxygen atoms in total. The number of carboxylic acid groups (broad SMARTS) is 1. The van der Waals surface area contributed by atoms with Crippen LogP contribution < -0.4 is 9.47 Å². The van der Waals surface area contributed by atoms with Gasteiger partial charge in [-0.3, -0.25) is 4.79 Å². The van der Waals surface area contributed by atoms with Crippen molar-refractivity contribution in [1.29, 1.82) is 0 Å². The summed E-state index contributed by atoms with van der Waals surface area (Å²) in [6.45, 7) is 1.81. The minimum Gasteiger partial charge on any atom is -0.486 e. The lowest BCUT2D eigenvalue weighted by molar-refractivity contribution is 0.0657. The Labute approximate surface area is 119 Å². The number of ketones is 1. The molecule has 0 fully saturated rings. The van der Waals surface area contributed by atoms with Crippen LogP contribution in [0.4, 0.5) is 0 Å². The van der Waals surface area contributed by atoms with Gasteiger partial charge < -0.3 is 19.0 Å². The molecule has 2 aromatic rings. The predicted octanol–water partition coefficient (Wildman–Crippen LogP) is 2.44. The maximum Gasteiger partial charge on any atom is 0.372 e. The van der Waals surface area contributed by atoms with Gasteiger partial charge in [0.1, 0.15) is 23.9 Å². The number of fused-ring (bicyclic) bond motifs is 1. The maximum atomic E-state index is 11.4. The lowest BCUT2D eigenvalue weighted by Gasteiger charge is -2.05. The minimum absolute atomic E-state index is 0.0516.